The van der Waals surface area contributed by atoms with Gasteiger partial charge in [0.25, 0.3) is 0 Å². The summed E-state index contributed by atoms with van der Waals surface area (Å²) in [5.74, 6) is -0.0750. The third kappa shape index (κ3) is 51.1. The van der Waals surface area contributed by atoms with Crippen LogP contribution in [0.3, 0.4) is 0 Å². The van der Waals surface area contributed by atoms with Gasteiger partial charge in [-0.15, -0.1) is 0 Å². The Morgan fingerprint density at radius 2 is 0.656 bits per heavy atom. The maximum absolute atomic E-state index is 12.4. The number of aliphatic hydroxyl groups is 2. The molecule has 0 saturated heterocycles. The Bertz CT molecular complexity index is 1060. The van der Waals surface area contributed by atoms with E-state index in [9.17, 15) is 15.0 Å². The van der Waals surface area contributed by atoms with Crippen LogP contribution in [0.25, 0.3) is 0 Å². The van der Waals surface area contributed by atoms with E-state index in [0.29, 0.717) is 6.42 Å². The maximum Gasteiger partial charge on any atom is 0.220 e. The summed E-state index contributed by atoms with van der Waals surface area (Å²) in [6.07, 6.45) is 78.3. The molecule has 0 fully saturated rings. The summed E-state index contributed by atoms with van der Waals surface area (Å²) in [7, 11) is 0. The first-order chi connectivity index (χ1) is 31.7. The Morgan fingerprint density at radius 3 is 1.00 bits per heavy atom. The lowest BCUT2D eigenvalue weighted by Gasteiger charge is -2.19. The first kappa shape index (κ1) is 62.1. The second-order valence-electron chi connectivity index (χ2n) is 19.3. The van der Waals surface area contributed by atoms with Gasteiger partial charge in [0.05, 0.1) is 18.8 Å². The highest BCUT2D eigenvalue weighted by molar-refractivity contribution is 5.76. The standard InChI is InChI=1S/C60H111NO3/c1-3-5-7-9-11-13-15-17-19-20-21-22-23-24-25-26-27-28-29-30-31-32-33-34-35-36-37-38-39-40-42-44-46-48-50-52-54-56-60(64)61-58(57-62)59(63)55-53-51-49-47-45-43-41-18-16-14-12-10-8-6-4-2/h15-18,20-21,45,47,53,55,58-59,62-63H,3-14,19,22-44,46,48-52,54,56-57H2,1-2H3,(H,61,64)/b17-15-,18-16+,21-20-,47-45+,55-53+. The number of carbonyl (C=O) groups excluding carboxylic acids is 1. The van der Waals surface area contributed by atoms with Crippen molar-refractivity contribution in [1.82, 2.24) is 5.32 Å². The number of rotatable bonds is 52. The van der Waals surface area contributed by atoms with Crippen molar-refractivity contribution in [1.29, 1.82) is 0 Å². The normalized spacial score (nSPS) is 13.2. The number of unbranched alkanes of at least 4 members (excludes halogenated alkanes) is 37. The highest BCUT2D eigenvalue weighted by Gasteiger charge is 2.18. The lowest BCUT2D eigenvalue weighted by molar-refractivity contribution is -0.123. The average molecular weight is 895 g/mol. The van der Waals surface area contributed by atoms with Gasteiger partial charge in [-0.25, -0.2) is 0 Å². The number of hydrogen-bond donors (Lipinski definition) is 3. The summed E-state index contributed by atoms with van der Waals surface area (Å²) in [6.45, 7) is 4.28. The third-order valence-corrected chi connectivity index (χ3v) is 13.0. The molecule has 2 atom stereocenters. The monoisotopic (exact) mass is 894 g/mol. The predicted octanol–water partition coefficient (Wildman–Crippen LogP) is 18.8. The fourth-order valence-electron chi connectivity index (χ4n) is 8.60. The van der Waals surface area contributed by atoms with E-state index < -0.39 is 12.1 Å². The van der Waals surface area contributed by atoms with Crippen molar-refractivity contribution >= 4 is 5.91 Å². The molecule has 0 radical (unpaired) electrons. The Morgan fingerprint density at radius 1 is 0.375 bits per heavy atom. The lowest BCUT2D eigenvalue weighted by atomic mass is 10.0. The molecule has 0 heterocycles. The number of nitrogens with one attached hydrogen (secondary N) is 1. The summed E-state index contributed by atoms with van der Waals surface area (Å²) in [4.78, 5) is 12.4. The number of aliphatic hydroxyl groups excluding tert-OH is 2. The van der Waals surface area contributed by atoms with Gasteiger partial charge in [0, 0.05) is 6.42 Å². The smallest absolute Gasteiger partial charge is 0.220 e. The molecule has 2 unspecified atom stereocenters. The first-order valence-corrected chi connectivity index (χ1v) is 28.5. The Hall–Kier alpha value is -1.91. The molecule has 0 aromatic heterocycles. The fourth-order valence-corrected chi connectivity index (χ4v) is 8.60. The largest absolute Gasteiger partial charge is 0.394 e. The predicted molar refractivity (Wildman–Crippen MR) is 285 cm³/mol. The minimum absolute atomic E-state index is 0.0750. The highest BCUT2D eigenvalue weighted by Crippen LogP contribution is 2.17. The molecular formula is C60H111NO3. The molecule has 0 bridgehead atoms. The number of hydrogen-bond acceptors (Lipinski definition) is 3. The second-order valence-corrected chi connectivity index (χ2v) is 19.3. The number of amides is 1. The minimum Gasteiger partial charge on any atom is -0.394 e. The zero-order valence-electron chi connectivity index (χ0n) is 43.1. The molecule has 0 aliphatic carbocycles. The molecule has 64 heavy (non-hydrogen) atoms. The topological polar surface area (TPSA) is 69.6 Å². The van der Waals surface area contributed by atoms with Gasteiger partial charge in [-0.1, -0.05) is 274 Å². The van der Waals surface area contributed by atoms with Crippen LogP contribution < -0.4 is 5.32 Å². The summed E-state index contributed by atoms with van der Waals surface area (Å²) in [5.41, 5.74) is 0. The van der Waals surface area contributed by atoms with Crippen molar-refractivity contribution in [2.75, 3.05) is 6.61 Å². The fraction of sp³-hybridized carbons (Fsp3) is 0.817. The van der Waals surface area contributed by atoms with Crippen molar-refractivity contribution in [2.45, 2.75) is 309 Å². The van der Waals surface area contributed by atoms with Gasteiger partial charge in [-0.3, -0.25) is 4.79 Å². The summed E-state index contributed by atoms with van der Waals surface area (Å²) in [5, 5.41) is 23.1. The van der Waals surface area contributed by atoms with E-state index in [4.69, 9.17) is 0 Å². The van der Waals surface area contributed by atoms with Crippen LogP contribution >= 0.6 is 0 Å². The molecule has 4 heteroatoms. The van der Waals surface area contributed by atoms with Crippen LogP contribution in [0.4, 0.5) is 0 Å². The van der Waals surface area contributed by atoms with E-state index in [1.54, 1.807) is 6.08 Å². The number of allylic oxidation sites excluding steroid dienone is 9. The quantitative estimate of drug-likeness (QED) is 0.0421. The van der Waals surface area contributed by atoms with E-state index >= 15 is 0 Å². The van der Waals surface area contributed by atoms with Crippen LogP contribution in [0.1, 0.15) is 296 Å². The molecule has 0 aromatic carbocycles. The maximum atomic E-state index is 12.4. The van der Waals surface area contributed by atoms with Gasteiger partial charge in [-0.2, -0.15) is 0 Å². The SMILES string of the molecule is CCCCCCC/C=C\C/C=C\CCCCCCCCCCCCCCCCCCCCCCCCCCCC(=O)NC(CO)C(O)/C=C/CC/C=C/CC/C=C/CCCCCCC. The molecule has 0 aromatic rings. The van der Waals surface area contributed by atoms with Crippen molar-refractivity contribution in [3.63, 3.8) is 0 Å². The van der Waals surface area contributed by atoms with E-state index in [1.165, 1.54) is 231 Å². The summed E-state index contributed by atoms with van der Waals surface area (Å²) in [6, 6.07) is -0.645. The van der Waals surface area contributed by atoms with Crippen molar-refractivity contribution in [2.24, 2.45) is 0 Å². The molecule has 1 amide bonds. The van der Waals surface area contributed by atoms with Gasteiger partial charge in [0.2, 0.25) is 5.91 Å². The molecule has 0 spiro atoms. The van der Waals surface area contributed by atoms with Crippen LogP contribution in [0.5, 0.6) is 0 Å². The van der Waals surface area contributed by atoms with E-state index in [2.05, 4.69) is 67.8 Å². The zero-order valence-corrected chi connectivity index (χ0v) is 43.1. The average Bonchev–Trinajstić information content (AvgIpc) is 3.30. The summed E-state index contributed by atoms with van der Waals surface area (Å²) < 4.78 is 0. The van der Waals surface area contributed by atoms with Gasteiger partial charge >= 0.3 is 0 Å². The van der Waals surface area contributed by atoms with E-state index in [0.717, 1.165) is 44.9 Å². The van der Waals surface area contributed by atoms with Crippen molar-refractivity contribution in [3.8, 4) is 0 Å². The van der Waals surface area contributed by atoms with Crippen LogP contribution in [-0.4, -0.2) is 34.9 Å². The molecule has 0 rings (SSSR count). The highest BCUT2D eigenvalue weighted by atomic mass is 16.3. The van der Waals surface area contributed by atoms with Gasteiger partial charge in [0.1, 0.15) is 0 Å². The molecule has 0 aliphatic heterocycles. The molecule has 0 saturated carbocycles. The summed E-state index contributed by atoms with van der Waals surface area (Å²) >= 11 is 0. The molecule has 3 N–H and O–H groups in total. The van der Waals surface area contributed by atoms with Crippen molar-refractivity contribution in [3.05, 3.63) is 60.8 Å². The van der Waals surface area contributed by atoms with Gasteiger partial charge in [-0.05, 0) is 77.0 Å². The van der Waals surface area contributed by atoms with E-state index in [1.807, 2.05) is 6.08 Å². The zero-order chi connectivity index (χ0) is 46.3. The van der Waals surface area contributed by atoms with Crippen LogP contribution in [0.15, 0.2) is 60.8 Å². The van der Waals surface area contributed by atoms with Gasteiger partial charge < -0.3 is 15.5 Å². The second kappa shape index (κ2) is 55.4. The first-order valence-electron chi connectivity index (χ1n) is 28.5. The van der Waals surface area contributed by atoms with Gasteiger partial charge in [0.15, 0.2) is 0 Å². The Kier molecular flexibility index (Phi) is 53.8. The minimum atomic E-state index is -0.870. The lowest BCUT2D eigenvalue weighted by Crippen LogP contribution is -2.45. The third-order valence-electron chi connectivity index (χ3n) is 13.0. The molecule has 4 nitrogen and oxygen atoms in total. The van der Waals surface area contributed by atoms with Crippen LogP contribution in [-0.2, 0) is 4.79 Å². The van der Waals surface area contributed by atoms with Crippen LogP contribution in [0, 0.1) is 0 Å². The Labute approximate surface area is 400 Å². The number of carbonyl (C=O) groups is 1. The molecule has 374 valence electrons. The van der Waals surface area contributed by atoms with E-state index in [-0.39, 0.29) is 12.5 Å². The van der Waals surface area contributed by atoms with Crippen LogP contribution in [0.2, 0.25) is 0 Å². The Balaban J connectivity index is 3.43. The van der Waals surface area contributed by atoms with Crippen molar-refractivity contribution < 1.29 is 15.0 Å². The molecule has 0 aliphatic rings. The molecular weight excluding hydrogens is 783 g/mol.